The molecule has 0 aromatic carbocycles. The first-order valence-corrected chi connectivity index (χ1v) is 4.84. The zero-order chi connectivity index (χ0) is 10.9. The number of aromatic nitrogens is 1. The van der Waals surface area contributed by atoms with Crippen molar-refractivity contribution >= 4 is 5.82 Å². The summed E-state index contributed by atoms with van der Waals surface area (Å²) in [5.41, 5.74) is 0.554. The van der Waals surface area contributed by atoms with E-state index in [0.717, 1.165) is 19.4 Å². The molecular weight excluding hydrogens is 188 g/mol. The monoisotopic (exact) mass is 200 g/mol. The highest BCUT2D eigenvalue weighted by Crippen LogP contribution is 2.09. The maximum Gasteiger partial charge on any atom is 0.143 e. The smallest absolute Gasteiger partial charge is 0.143 e. The predicted molar refractivity (Wildman–Crippen MR) is 56.9 cm³/mol. The van der Waals surface area contributed by atoms with Crippen LogP contribution in [0.5, 0.6) is 0 Å². The van der Waals surface area contributed by atoms with Gasteiger partial charge in [0.05, 0.1) is 11.6 Å². The number of unbranched alkanes of at least 4 members (excludes halogenated alkanes) is 2. The fraction of sp³-hybridized carbons (Fsp3) is 0.364. The average Bonchev–Trinajstić information content (AvgIpc) is 2.29. The lowest BCUT2D eigenvalue weighted by Crippen LogP contribution is -2.04. The molecular formula is C11H12N4. The van der Waals surface area contributed by atoms with Crippen LogP contribution >= 0.6 is 0 Å². The Kier molecular flexibility index (Phi) is 4.69. The summed E-state index contributed by atoms with van der Waals surface area (Å²) in [4.78, 5) is 4.07. The first-order chi connectivity index (χ1) is 7.38. The van der Waals surface area contributed by atoms with E-state index in [-0.39, 0.29) is 0 Å². The standard InChI is InChI=1S/C11H12N4/c12-6-2-1-3-7-14-11-10(9-13)5-4-8-15-11/h4-5,8H,1-3,7H2,(H,14,15). The van der Waals surface area contributed by atoms with Crippen molar-refractivity contribution in [3.8, 4) is 12.1 Å². The van der Waals surface area contributed by atoms with E-state index < -0.39 is 0 Å². The highest BCUT2D eigenvalue weighted by Gasteiger charge is 1.99. The Morgan fingerprint density at radius 1 is 1.33 bits per heavy atom. The minimum Gasteiger partial charge on any atom is -0.369 e. The summed E-state index contributed by atoms with van der Waals surface area (Å²) in [6, 6.07) is 7.63. The van der Waals surface area contributed by atoms with Crippen LogP contribution in [0.1, 0.15) is 24.8 Å². The zero-order valence-corrected chi connectivity index (χ0v) is 8.40. The molecule has 0 radical (unpaired) electrons. The van der Waals surface area contributed by atoms with Crippen LogP contribution in [0.4, 0.5) is 5.82 Å². The minimum atomic E-state index is 0.554. The van der Waals surface area contributed by atoms with Crippen LogP contribution in [0.25, 0.3) is 0 Å². The number of nitriles is 2. The topological polar surface area (TPSA) is 72.5 Å². The van der Waals surface area contributed by atoms with E-state index in [1.165, 1.54) is 0 Å². The molecule has 0 aliphatic rings. The van der Waals surface area contributed by atoms with Gasteiger partial charge in [-0.15, -0.1) is 0 Å². The van der Waals surface area contributed by atoms with Crippen molar-refractivity contribution < 1.29 is 0 Å². The van der Waals surface area contributed by atoms with Crippen molar-refractivity contribution in [1.29, 1.82) is 10.5 Å². The molecule has 1 aromatic heterocycles. The first-order valence-electron chi connectivity index (χ1n) is 4.84. The molecule has 1 N–H and O–H groups in total. The van der Waals surface area contributed by atoms with Gasteiger partial charge in [0.1, 0.15) is 11.9 Å². The van der Waals surface area contributed by atoms with Gasteiger partial charge in [-0.1, -0.05) is 0 Å². The SMILES string of the molecule is N#CCCCCNc1ncccc1C#N. The van der Waals surface area contributed by atoms with Gasteiger partial charge in [-0.3, -0.25) is 0 Å². The summed E-state index contributed by atoms with van der Waals surface area (Å²) in [5, 5.41) is 20.2. The Balaban J connectivity index is 2.38. The molecule has 1 rings (SSSR count). The van der Waals surface area contributed by atoms with E-state index in [9.17, 15) is 0 Å². The molecule has 0 aliphatic heterocycles. The molecule has 0 saturated heterocycles. The van der Waals surface area contributed by atoms with Gasteiger partial charge < -0.3 is 5.32 Å². The number of hydrogen-bond donors (Lipinski definition) is 1. The lowest BCUT2D eigenvalue weighted by atomic mass is 10.2. The highest BCUT2D eigenvalue weighted by atomic mass is 15.0. The molecule has 0 unspecified atom stereocenters. The third-order valence-electron chi connectivity index (χ3n) is 1.94. The summed E-state index contributed by atoms with van der Waals surface area (Å²) in [7, 11) is 0. The van der Waals surface area contributed by atoms with E-state index in [1.807, 2.05) is 0 Å². The van der Waals surface area contributed by atoms with Gasteiger partial charge in [0, 0.05) is 19.2 Å². The van der Waals surface area contributed by atoms with Crippen molar-refractivity contribution in [1.82, 2.24) is 4.98 Å². The van der Waals surface area contributed by atoms with E-state index >= 15 is 0 Å². The van der Waals surface area contributed by atoms with Gasteiger partial charge >= 0.3 is 0 Å². The predicted octanol–water partition coefficient (Wildman–Crippen LogP) is 2.06. The minimum absolute atomic E-state index is 0.554. The number of nitrogens with zero attached hydrogens (tertiary/aromatic N) is 3. The molecule has 15 heavy (non-hydrogen) atoms. The molecule has 0 aliphatic carbocycles. The third kappa shape index (κ3) is 3.66. The highest BCUT2D eigenvalue weighted by molar-refractivity contribution is 5.50. The molecule has 1 aromatic rings. The largest absolute Gasteiger partial charge is 0.369 e. The second-order valence-corrected chi connectivity index (χ2v) is 3.05. The summed E-state index contributed by atoms with van der Waals surface area (Å²) in [6.07, 6.45) is 4.01. The zero-order valence-electron chi connectivity index (χ0n) is 8.40. The van der Waals surface area contributed by atoms with Gasteiger partial charge in [-0.05, 0) is 25.0 Å². The molecule has 0 amide bonds. The molecule has 4 nitrogen and oxygen atoms in total. The lowest BCUT2D eigenvalue weighted by molar-refractivity contribution is 0.782. The molecule has 76 valence electrons. The first kappa shape index (κ1) is 11.0. The quantitative estimate of drug-likeness (QED) is 0.738. The van der Waals surface area contributed by atoms with Crippen molar-refractivity contribution in [3.63, 3.8) is 0 Å². The van der Waals surface area contributed by atoms with E-state index in [2.05, 4.69) is 22.4 Å². The number of nitrogens with one attached hydrogen (secondary N) is 1. The fourth-order valence-corrected chi connectivity index (χ4v) is 1.17. The molecule has 0 saturated carbocycles. The van der Waals surface area contributed by atoms with E-state index in [4.69, 9.17) is 10.5 Å². The molecule has 0 atom stereocenters. The maximum absolute atomic E-state index is 8.79. The molecule has 4 heteroatoms. The van der Waals surface area contributed by atoms with Gasteiger partial charge in [-0.25, -0.2) is 4.98 Å². The number of hydrogen-bond acceptors (Lipinski definition) is 4. The van der Waals surface area contributed by atoms with Gasteiger partial charge in [0.15, 0.2) is 0 Å². The van der Waals surface area contributed by atoms with Crippen LogP contribution < -0.4 is 5.32 Å². The second kappa shape index (κ2) is 6.39. The molecule has 0 spiro atoms. The van der Waals surface area contributed by atoms with Crippen molar-refractivity contribution in [2.45, 2.75) is 19.3 Å². The Hall–Kier alpha value is -2.07. The molecule has 1 heterocycles. The van der Waals surface area contributed by atoms with Crippen molar-refractivity contribution in [2.75, 3.05) is 11.9 Å². The molecule has 0 bridgehead atoms. The van der Waals surface area contributed by atoms with Gasteiger partial charge in [-0.2, -0.15) is 10.5 Å². The van der Waals surface area contributed by atoms with E-state index in [0.29, 0.717) is 17.8 Å². The average molecular weight is 200 g/mol. The number of rotatable bonds is 5. The van der Waals surface area contributed by atoms with Crippen molar-refractivity contribution in [3.05, 3.63) is 23.9 Å². The Labute approximate surface area is 89.2 Å². The number of anilines is 1. The second-order valence-electron chi connectivity index (χ2n) is 3.05. The maximum atomic E-state index is 8.79. The lowest BCUT2D eigenvalue weighted by Gasteiger charge is -2.05. The van der Waals surface area contributed by atoms with Crippen LogP contribution in [-0.2, 0) is 0 Å². The van der Waals surface area contributed by atoms with Gasteiger partial charge in [0.25, 0.3) is 0 Å². The fourth-order valence-electron chi connectivity index (χ4n) is 1.17. The van der Waals surface area contributed by atoms with Crippen molar-refractivity contribution in [2.24, 2.45) is 0 Å². The van der Waals surface area contributed by atoms with Crippen LogP contribution in [-0.4, -0.2) is 11.5 Å². The molecule has 0 fully saturated rings. The summed E-state index contributed by atoms with van der Waals surface area (Å²) < 4.78 is 0. The van der Waals surface area contributed by atoms with Crippen LogP contribution in [0.3, 0.4) is 0 Å². The van der Waals surface area contributed by atoms with Gasteiger partial charge in [0.2, 0.25) is 0 Å². The Morgan fingerprint density at radius 3 is 2.93 bits per heavy atom. The Bertz CT molecular complexity index is 386. The summed E-state index contributed by atoms with van der Waals surface area (Å²) in [6.45, 7) is 0.743. The van der Waals surface area contributed by atoms with Crippen LogP contribution in [0.2, 0.25) is 0 Å². The summed E-state index contributed by atoms with van der Waals surface area (Å²) >= 11 is 0. The summed E-state index contributed by atoms with van der Waals surface area (Å²) in [5.74, 6) is 0.622. The number of pyridine rings is 1. The Morgan fingerprint density at radius 2 is 2.20 bits per heavy atom. The van der Waals surface area contributed by atoms with E-state index in [1.54, 1.807) is 18.3 Å². The van der Waals surface area contributed by atoms with Crippen LogP contribution in [0.15, 0.2) is 18.3 Å². The third-order valence-corrected chi connectivity index (χ3v) is 1.94. The van der Waals surface area contributed by atoms with Crippen LogP contribution in [0, 0.1) is 22.7 Å². The normalized spacial score (nSPS) is 8.93.